The van der Waals surface area contributed by atoms with Gasteiger partial charge in [-0.05, 0) is 41.6 Å². The molecule has 0 aliphatic rings. The zero-order valence-electron chi connectivity index (χ0n) is 9.72. The average Bonchev–Trinajstić information content (AvgIpc) is 2.03. The van der Waals surface area contributed by atoms with Gasteiger partial charge in [-0.2, -0.15) is 0 Å². The minimum atomic E-state index is 0.626. The minimum Gasteiger partial charge on any atom is -0.137 e. The quantitative estimate of drug-likeness (QED) is 0.600. The Morgan fingerprint density at radius 2 is 1.46 bits per heavy atom. The molecule has 0 fully saturated rings. The van der Waals surface area contributed by atoms with Crippen molar-refractivity contribution >= 4 is 11.8 Å². The first kappa shape index (κ1) is 12.8. The van der Waals surface area contributed by atoms with Crippen molar-refractivity contribution < 1.29 is 0 Å². The number of hydrogen-bond donors (Lipinski definition) is 0. The van der Waals surface area contributed by atoms with Crippen molar-refractivity contribution in [3.05, 3.63) is 22.6 Å². The molecule has 0 aliphatic heterocycles. The molecule has 0 saturated carbocycles. The molecule has 0 radical (unpaired) electrons. The molecule has 0 aromatic heterocycles. The van der Waals surface area contributed by atoms with Crippen LogP contribution in [0.4, 0.5) is 0 Å². The second-order valence-corrected chi connectivity index (χ2v) is 4.57. The van der Waals surface area contributed by atoms with Crippen LogP contribution in [-0.2, 0) is 0 Å². The summed E-state index contributed by atoms with van der Waals surface area (Å²) in [4.78, 5) is 0. The third kappa shape index (κ3) is 4.04. The van der Waals surface area contributed by atoms with Crippen LogP contribution in [0.5, 0.6) is 0 Å². The molecule has 0 N–H and O–H groups in total. The zero-order valence-corrected chi connectivity index (χ0v) is 10.5. The Morgan fingerprint density at radius 1 is 1.00 bits per heavy atom. The fraction of sp³-hybridized carbons (Fsp3) is 0.667. The van der Waals surface area contributed by atoms with Crippen LogP contribution in [0, 0.1) is 11.8 Å². The van der Waals surface area contributed by atoms with Gasteiger partial charge in [0.25, 0.3) is 0 Å². The van der Waals surface area contributed by atoms with Crippen molar-refractivity contribution in [2.24, 2.45) is 11.8 Å². The van der Waals surface area contributed by atoms with Gasteiger partial charge >= 0.3 is 0 Å². The summed E-state index contributed by atoms with van der Waals surface area (Å²) in [7, 11) is 0. The van der Waals surface area contributed by atoms with E-state index in [4.69, 9.17) is 0 Å². The SMILES string of the molecule is C/C=C(\C(=C/SC)C(C)C)C(C)C. The Balaban J connectivity index is 4.83. The first-order valence-corrected chi connectivity index (χ1v) is 6.22. The van der Waals surface area contributed by atoms with Crippen LogP contribution < -0.4 is 0 Å². The molecule has 0 aromatic rings. The standard InChI is InChI=1S/C12H22S/c1-7-11(9(2)3)12(8-13-6)10(4)5/h7-10H,1-6H3/b11-7-,12-8-. The predicted molar refractivity (Wildman–Crippen MR) is 65.0 cm³/mol. The zero-order chi connectivity index (χ0) is 10.4. The molecule has 0 bridgehead atoms. The van der Waals surface area contributed by atoms with Gasteiger partial charge in [-0.1, -0.05) is 33.8 Å². The topological polar surface area (TPSA) is 0 Å². The Hall–Kier alpha value is -0.170. The molecule has 0 nitrogen and oxygen atoms in total. The largest absolute Gasteiger partial charge is 0.137 e. The van der Waals surface area contributed by atoms with Gasteiger partial charge in [0, 0.05) is 0 Å². The molecule has 0 aromatic carbocycles. The lowest BCUT2D eigenvalue weighted by Crippen LogP contribution is -2.03. The van der Waals surface area contributed by atoms with Crippen LogP contribution in [0.25, 0.3) is 0 Å². The van der Waals surface area contributed by atoms with E-state index in [1.165, 1.54) is 11.1 Å². The van der Waals surface area contributed by atoms with Gasteiger partial charge in [-0.15, -0.1) is 11.8 Å². The summed E-state index contributed by atoms with van der Waals surface area (Å²) in [5.74, 6) is 1.26. The number of rotatable bonds is 4. The Bertz CT molecular complexity index is 197. The molecule has 0 rings (SSSR count). The summed E-state index contributed by atoms with van der Waals surface area (Å²) in [6.07, 6.45) is 4.36. The number of allylic oxidation sites excluding steroid dienone is 3. The monoisotopic (exact) mass is 198 g/mol. The molecule has 0 atom stereocenters. The van der Waals surface area contributed by atoms with E-state index in [0.29, 0.717) is 11.8 Å². The van der Waals surface area contributed by atoms with E-state index in [9.17, 15) is 0 Å². The van der Waals surface area contributed by atoms with Gasteiger partial charge in [0.05, 0.1) is 0 Å². The van der Waals surface area contributed by atoms with Crippen molar-refractivity contribution in [2.45, 2.75) is 34.6 Å². The molecule has 0 spiro atoms. The van der Waals surface area contributed by atoms with E-state index in [1.807, 2.05) is 0 Å². The van der Waals surface area contributed by atoms with E-state index in [-0.39, 0.29) is 0 Å². The van der Waals surface area contributed by atoms with E-state index in [1.54, 1.807) is 11.8 Å². The maximum absolute atomic E-state index is 2.28. The molecular weight excluding hydrogens is 176 g/mol. The van der Waals surface area contributed by atoms with Crippen molar-refractivity contribution in [2.75, 3.05) is 6.26 Å². The fourth-order valence-electron chi connectivity index (χ4n) is 1.50. The van der Waals surface area contributed by atoms with E-state index in [0.717, 1.165) is 0 Å². The second kappa shape index (κ2) is 6.31. The summed E-state index contributed by atoms with van der Waals surface area (Å²) in [5.41, 5.74) is 2.98. The predicted octanol–water partition coefficient (Wildman–Crippen LogP) is 4.49. The maximum atomic E-state index is 2.28. The van der Waals surface area contributed by atoms with E-state index in [2.05, 4.69) is 52.4 Å². The van der Waals surface area contributed by atoms with Crippen LogP contribution in [0.3, 0.4) is 0 Å². The third-order valence-electron chi connectivity index (χ3n) is 2.13. The fourth-order valence-corrected chi connectivity index (χ4v) is 2.16. The van der Waals surface area contributed by atoms with Crippen molar-refractivity contribution in [3.8, 4) is 0 Å². The lowest BCUT2D eigenvalue weighted by Gasteiger charge is -2.18. The maximum Gasteiger partial charge on any atom is -0.0142 e. The molecule has 0 heterocycles. The molecule has 0 saturated heterocycles. The Morgan fingerprint density at radius 3 is 1.69 bits per heavy atom. The summed E-state index contributed by atoms with van der Waals surface area (Å²) >= 11 is 1.80. The average molecular weight is 198 g/mol. The lowest BCUT2D eigenvalue weighted by molar-refractivity contribution is 0.702. The highest BCUT2D eigenvalue weighted by molar-refractivity contribution is 8.01. The van der Waals surface area contributed by atoms with Crippen LogP contribution in [0.1, 0.15) is 34.6 Å². The summed E-state index contributed by atoms with van der Waals surface area (Å²) in [5, 5.41) is 2.28. The smallest absolute Gasteiger partial charge is 0.0142 e. The molecule has 1 heteroatoms. The van der Waals surface area contributed by atoms with E-state index < -0.39 is 0 Å². The summed E-state index contributed by atoms with van der Waals surface area (Å²) in [6.45, 7) is 11.2. The molecule has 0 amide bonds. The van der Waals surface area contributed by atoms with Crippen molar-refractivity contribution in [1.82, 2.24) is 0 Å². The van der Waals surface area contributed by atoms with Gasteiger partial charge in [0.1, 0.15) is 0 Å². The van der Waals surface area contributed by atoms with Crippen molar-refractivity contribution in [3.63, 3.8) is 0 Å². The molecule has 0 aliphatic carbocycles. The van der Waals surface area contributed by atoms with Gasteiger partial charge in [0.2, 0.25) is 0 Å². The highest BCUT2D eigenvalue weighted by Gasteiger charge is 2.11. The highest BCUT2D eigenvalue weighted by atomic mass is 32.2. The molecular formula is C12H22S. The van der Waals surface area contributed by atoms with Crippen molar-refractivity contribution in [1.29, 1.82) is 0 Å². The number of hydrogen-bond acceptors (Lipinski definition) is 1. The first-order valence-electron chi connectivity index (χ1n) is 4.94. The highest BCUT2D eigenvalue weighted by Crippen LogP contribution is 2.27. The van der Waals surface area contributed by atoms with Crippen LogP contribution in [0.2, 0.25) is 0 Å². The Labute approximate surface area is 87.5 Å². The van der Waals surface area contributed by atoms with Crippen LogP contribution >= 0.6 is 11.8 Å². The molecule has 13 heavy (non-hydrogen) atoms. The van der Waals surface area contributed by atoms with Crippen LogP contribution in [0.15, 0.2) is 22.6 Å². The lowest BCUT2D eigenvalue weighted by atomic mass is 9.89. The number of thioether (sulfide) groups is 1. The van der Waals surface area contributed by atoms with Gasteiger partial charge < -0.3 is 0 Å². The Kier molecular flexibility index (Phi) is 6.23. The van der Waals surface area contributed by atoms with Gasteiger partial charge in [-0.25, -0.2) is 0 Å². The van der Waals surface area contributed by atoms with Gasteiger partial charge in [0.15, 0.2) is 0 Å². The summed E-state index contributed by atoms with van der Waals surface area (Å²) in [6, 6.07) is 0. The molecule has 0 unspecified atom stereocenters. The summed E-state index contributed by atoms with van der Waals surface area (Å²) < 4.78 is 0. The normalized spacial score (nSPS) is 14.5. The second-order valence-electron chi connectivity index (χ2n) is 3.86. The van der Waals surface area contributed by atoms with Gasteiger partial charge in [-0.3, -0.25) is 0 Å². The third-order valence-corrected chi connectivity index (χ3v) is 2.62. The minimum absolute atomic E-state index is 0.626. The van der Waals surface area contributed by atoms with Crippen LogP contribution in [-0.4, -0.2) is 6.26 Å². The molecule has 76 valence electrons. The first-order chi connectivity index (χ1) is 6.04. The van der Waals surface area contributed by atoms with E-state index >= 15 is 0 Å².